The summed E-state index contributed by atoms with van der Waals surface area (Å²) in [7, 11) is 0. The van der Waals surface area contributed by atoms with Gasteiger partial charge in [-0.1, -0.05) is 34.5 Å². The predicted molar refractivity (Wildman–Crippen MR) is 110 cm³/mol. The first-order chi connectivity index (χ1) is 12.6. The van der Waals surface area contributed by atoms with Gasteiger partial charge in [0.2, 0.25) is 0 Å². The van der Waals surface area contributed by atoms with Crippen molar-refractivity contribution in [2.75, 3.05) is 11.9 Å². The molecule has 4 rings (SSSR count). The Kier molecular flexibility index (Phi) is 4.95. The van der Waals surface area contributed by atoms with Gasteiger partial charge < -0.3 is 5.32 Å². The predicted octanol–water partition coefficient (Wildman–Crippen LogP) is 5.58. The smallest absolute Gasteiger partial charge is 0.321 e. The van der Waals surface area contributed by atoms with Crippen LogP contribution in [0.1, 0.15) is 5.56 Å². The molecule has 0 radical (unpaired) electrons. The Morgan fingerprint density at radius 1 is 1.15 bits per heavy atom. The van der Waals surface area contributed by atoms with E-state index in [2.05, 4.69) is 20.6 Å². The molecule has 4 aromatic rings. The Bertz CT molecular complexity index is 1090. The number of rotatable bonds is 4. The fourth-order valence-electron chi connectivity index (χ4n) is 2.58. The summed E-state index contributed by atoms with van der Waals surface area (Å²) in [6.07, 6.45) is 0.632. The van der Waals surface area contributed by atoms with Crippen molar-refractivity contribution >= 4 is 77.5 Å². The molecule has 2 aromatic carbocycles. The number of thiazole rings is 2. The Morgan fingerprint density at radius 2 is 1.96 bits per heavy atom. The molecule has 0 aliphatic carbocycles. The Hall–Kier alpha value is -1.93. The fraction of sp³-hybridized carbons (Fsp3) is 0.118. The van der Waals surface area contributed by atoms with Crippen molar-refractivity contribution in [3.63, 3.8) is 0 Å². The van der Waals surface area contributed by atoms with Gasteiger partial charge in [0.05, 0.1) is 20.4 Å². The third-order valence-corrected chi connectivity index (χ3v) is 5.92. The number of amides is 2. The minimum Gasteiger partial charge on any atom is -0.337 e. The molecule has 9 heteroatoms. The zero-order chi connectivity index (χ0) is 18.1. The van der Waals surface area contributed by atoms with E-state index in [1.807, 2.05) is 29.8 Å². The topological polar surface area (TPSA) is 66.9 Å². The third-order valence-electron chi connectivity index (χ3n) is 3.70. The molecule has 0 aliphatic rings. The van der Waals surface area contributed by atoms with Crippen LogP contribution < -0.4 is 10.6 Å². The molecule has 0 saturated carbocycles. The molecule has 0 bridgehead atoms. The molecule has 26 heavy (non-hydrogen) atoms. The van der Waals surface area contributed by atoms with Crippen molar-refractivity contribution in [2.24, 2.45) is 0 Å². The second-order valence-corrected chi connectivity index (χ2v) is 8.30. The Balaban J connectivity index is 1.39. The average molecular weight is 423 g/mol. The van der Waals surface area contributed by atoms with E-state index >= 15 is 0 Å². The zero-order valence-electron chi connectivity index (χ0n) is 13.3. The molecule has 0 unspecified atom stereocenters. The van der Waals surface area contributed by atoms with Gasteiger partial charge in [0, 0.05) is 16.6 Å². The highest BCUT2D eigenvalue weighted by Crippen LogP contribution is 2.33. The number of halogens is 2. The van der Waals surface area contributed by atoms with E-state index in [1.165, 1.54) is 11.3 Å². The molecule has 0 saturated heterocycles. The monoisotopic (exact) mass is 422 g/mol. The maximum Gasteiger partial charge on any atom is 0.321 e. The molecule has 0 aliphatic heterocycles. The summed E-state index contributed by atoms with van der Waals surface area (Å²) in [5.41, 5.74) is 4.54. The first kappa shape index (κ1) is 17.5. The number of nitrogens with one attached hydrogen (secondary N) is 2. The summed E-state index contributed by atoms with van der Waals surface area (Å²) in [5.74, 6) is 0. The number of carbonyl (C=O) groups is 1. The minimum absolute atomic E-state index is 0.299. The number of nitrogens with zero attached hydrogens (tertiary/aromatic N) is 2. The summed E-state index contributed by atoms with van der Waals surface area (Å²) in [6.45, 7) is 0.462. The van der Waals surface area contributed by atoms with Crippen LogP contribution in [0.3, 0.4) is 0 Å². The SMILES string of the molecule is O=C(NCCc1cc(Cl)cc(Cl)c1)Nc1nc2ccc3scnc3c2s1. The number of urea groups is 1. The molecule has 0 spiro atoms. The molecule has 2 heterocycles. The van der Waals surface area contributed by atoms with Crippen LogP contribution in [-0.2, 0) is 6.42 Å². The van der Waals surface area contributed by atoms with Crippen molar-refractivity contribution in [1.29, 1.82) is 0 Å². The molecule has 2 N–H and O–H groups in total. The quantitative estimate of drug-likeness (QED) is 0.451. The van der Waals surface area contributed by atoms with Crippen LogP contribution in [0.15, 0.2) is 35.8 Å². The van der Waals surface area contributed by atoms with Crippen molar-refractivity contribution in [1.82, 2.24) is 15.3 Å². The van der Waals surface area contributed by atoms with Crippen molar-refractivity contribution in [3.8, 4) is 0 Å². The molecule has 2 amide bonds. The number of fused-ring (bicyclic) bond motifs is 3. The zero-order valence-corrected chi connectivity index (χ0v) is 16.4. The van der Waals surface area contributed by atoms with Crippen LogP contribution in [-0.4, -0.2) is 22.5 Å². The van der Waals surface area contributed by atoms with Crippen molar-refractivity contribution in [3.05, 3.63) is 51.5 Å². The fourth-order valence-corrected chi connectivity index (χ4v) is 4.86. The summed E-state index contributed by atoms with van der Waals surface area (Å²) < 4.78 is 2.09. The normalized spacial score (nSPS) is 11.2. The van der Waals surface area contributed by atoms with Crippen LogP contribution in [0.5, 0.6) is 0 Å². The number of carbonyl (C=O) groups excluding carboxylic acids is 1. The highest BCUT2D eigenvalue weighted by atomic mass is 35.5. The highest BCUT2D eigenvalue weighted by Gasteiger charge is 2.11. The van der Waals surface area contributed by atoms with Gasteiger partial charge in [-0.3, -0.25) is 5.32 Å². The Labute approximate surface area is 167 Å². The van der Waals surface area contributed by atoms with E-state index in [0.29, 0.717) is 28.1 Å². The lowest BCUT2D eigenvalue weighted by atomic mass is 10.1. The second kappa shape index (κ2) is 7.36. The molecular formula is C17H12Cl2N4OS2. The number of anilines is 1. The number of hydrogen-bond donors (Lipinski definition) is 2. The first-order valence-corrected chi connectivity index (χ1v) is 10.2. The van der Waals surface area contributed by atoms with Crippen LogP contribution >= 0.6 is 45.9 Å². The molecule has 0 atom stereocenters. The lowest BCUT2D eigenvalue weighted by molar-refractivity contribution is 0.252. The van der Waals surface area contributed by atoms with Gasteiger partial charge in [-0.25, -0.2) is 14.8 Å². The second-order valence-electron chi connectivity index (χ2n) is 5.54. The van der Waals surface area contributed by atoms with Crippen LogP contribution in [0.2, 0.25) is 10.0 Å². The molecule has 0 fully saturated rings. The maximum absolute atomic E-state index is 12.1. The van der Waals surface area contributed by atoms with E-state index in [1.54, 1.807) is 17.4 Å². The Morgan fingerprint density at radius 3 is 2.77 bits per heavy atom. The van der Waals surface area contributed by atoms with Gasteiger partial charge in [-0.15, -0.1) is 11.3 Å². The minimum atomic E-state index is -0.299. The third kappa shape index (κ3) is 3.76. The lowest BCUT2D eigenvalue weighted by Crippen LogP contribution is -2.30. The summed E-state index contributed by atoms with van der Waals surface area (Å²) in [6, 6.07) is 8.98. The van der Waals surface area contributed by atoms with E-state index in [-0.39, 0.29) is 6.03 Å². The van der Waals surface area contributed by atoms with Crippen molar-refractivity contribution < 1.29 is 4.79 Å². The van der Waals surface area contributed by atoms with Crippen LogP contribution in [0.4, 0.5) is 9.93 Å². The van der Waals surface area contributed by atoms with Gasteiger partial charge in [0.15, 0.2) is 5.13 Å². The highest BCUT2D eigenvalue weighted by molar-refractivity contribution is 7.24. The number of benzene rings is 2. The summed E-state index contributed by atoms with van der Waals surface area (Å²) in [5, 5.41) is 7.30. The molecule has 2 aromatic heterocycles. The molecule has 132 valence electrons. The van der Waals surface area contributed by atoms with Crippen LogP contribution in [0, 0.1) is 0 Å². The summed E-state index contributed by atoms with van der Waals surface area (Å²) >= 11 is 15.0. The summed E-state index contributed by atoms with van der Waals surface area (Å²) in [4.78, 5) is 20.9. The largest absolute Gasteiger partial charge is 0.337 e. The van der Waals surface area contributed by atoms with E-state index in [9.17, 15) is 4.79 Å². The van der Waals surface area contributed by atoms with E-state index in [0.717, 1.165) is 26.0 Å². The average Bonchev–Trinajstić information content (AvgIpc) is 3.18. The van der Waals surface area contributed by atoms with Crippen molar-refractivity contribution in [2.45, 2.75) is 6.42 Å². The maximum atomic E-state index is 12.1. The van der Waals surface area contributed by atoms with Gasteiger partial charge in [0.1, 0.15) is 5.52 Å². The molecular weight excluding hydrogens is 411 g/mol. The number of hydrogen-bond acceptors (Lipinski definition) is 5. The van der Waals surface area contributed by atoms with Gasteiger partial charge in [-0.2, -0.15) is 0 Å². The van der Waals surface area contributed by atoms with Gasteiger partial charge in [0.25, 0.3) is 0 Å². The lowest BCUT2D eigenvalue weighted by Gasteiger charge is -2.06. The van der Waals surface area contributed by atoms with Gasteiger partial charge in [-0.05, 0) is 42.3 Å². The first-order valence-electron chi connectivity index (χ1n) is 7.71. The van der Waals surface area contributed by atoms with E-state index < -0.39 is 0 Å². The standard InChI is InChI=1S/C17H12Cl2N4OS2/c18-10-5-9(6-11(19)7-10)3-4-20-16(24)23-17-22-12-1-2-13-14(15(12)26-17)21-8-25-13/h1-2,5-8H,3-4H2,(H2,20,22,23,24). The van der Waals surface area contributed by atoms with Gasteiger partial charge >= 0.3 is 6.03 Å². The van der Waals surface area contributed by atoms with E-state index in [4.69, 9.17) is 23.2 Å². The van der Waals surface area contributed by atoms with Crippen LogP contribution in [0.25, 0.3) is 20.4 Å². The molecule has 5 nitrogen and oxygen atoms in total. The number of aromatic nitrogens is 2.